The topological polar surface area (TPSA) is 115 Å². The first-order chi connectivity index (χ1) is 18.2. The van der Waals surface area contributed by atoms with Gasteiger partial charge in [-0.2, -0.15) is 0 Å². The number of aliphatic hydroxyl groups is 1. The van der Waals surface area contributed by atoms with E-state index in [4.69, 9.17) is 9.72 Å². The number of fused-ring (bicyclic) bond motifs is 1. The molecule has 11 heteroatoms. The number of β-amino-alcohol motifs (C(OH)–C–C–N with tert-alkyl or cyclic N) is 1. The Morgan fingerprint density at radius 1 is 1.18 bits per heavy atom. The first-order valence-electron chi connectivity index (χ1n) is 13.1. The van der Waals surface area contributed by atoms with E-state index in [0.717, 1.165) is 42.6 Å². The zero-order valence-corrected chi connectivity index (χ0v) is 22.8. The Morgan fingerprint density at radius 3 is 2.58 bits per heavy atom. The lowest BCUT2D eigenvalue weighted by atomic mass is 10.0. The molecule has 4 heterocycles. The van der Waals surface area contributed by atoms with Gasteiger partial charge in [-0.25, -0.2) is 4.98 Å². The summed E-state index contributed by atoms with van der Waals surface area (Å²) in [6, 6.07) is 5.60. The van der Waals surface area contributed by atoms with E-state index in [9.17, 15) is 19.5 Å². The molecule has 2 N–H and O–H groups in total. The number of carbonyl (C=O) groups excluding carboxylic acids is 3. The molecular weight excluding hydrogens is 506 g/mol. The summed E-state index contributed by atoms with van der Waals surface area (Å²) in [5.74, 6) is -0.821. The average molecular weight is 542 g/mol. The van der Waals surface area contributed by atoms with Crippen LogP contribution in [0.15, 0.2) is 29.6 Å². The van der Waals surface area contributed by atoms with Crippen molar-refractivity contribution in [1.82, 2.24) is 20.1 Å². The number of aliphatic hydroxyl groups excluding tert-OH is 1. The number of likely N-dealkylation sites (N-methyl/N-ethyl adjacent to an activating group) is 1. The predicted octanol–water partition coefficient (Wildman–Crippen LogP) is 1.25. The Bertz CT molecular complexity index is 1180. The van der Waals surface area contributed by atoms with Crippen molar-refractivity contribution in [1.29, 1.82) is 0 Å². The molecule has 3 aliphatic rings. The maximum absolute atomic E-state index is 13.5. The number of Topliss-reactive ketones (excluding diaryl/α,β-unsaturated/α-hetero) is 1. The number of ketones is 1. The molecule has 38 heavy (non-hydrogen) atoms. The molecule has 204 valence electrons. The van der Waals surface area contributed by atoms with Crippen molar-refractivity contribution in [2.45, 2.75) is 44.6 Å². The number of piperazine rings is 1. The van der Waals surface area contributed by atoms with Crippen molar-refractivity contribution in [2.75, 3.05) is 51.3 Å². The number of thiazole rings is 1. The smallest absolute Gasteiger partial charge is 0.251 e. The second kappa shape index (κ2) is 11.1. The van der Waals surface area contributed by atoms with Gasteiger partial charge in [0.05, 0.1) is 12.2 Å². The van der Waals surface area contributed by atoms with Crippen molar-refractivity contribution >= 4 is 34.1 Å². The number of carbonyl (C=O) groups is 3. The maximum Gasteiger partial charge on any atom is 0.251 e. The fourth-order valence-electron chi connectivity index (χ4n) is 5.32. The average Bonchev–Trinajstić information content (AvgIpc) is 3.62. The SMILES string of the molecule is CC(C)C[C@H](NC(=O)c1ccc(-c2csc(N3CCN(C)CC3)n2)cc1)C(=O)N1C[C@H](O)[C@H]2OCC(=O)[C@H]21. The Morgan fingerprint density at radius 2 is 1.89 bits per heavy atom. The lowest BCUT2D eigenvalue weighted by molar-refractivity contribution is -0.138. The fraction of sp³-hybridized carbons (Fsp3) is 0.556. The highest BCUT2D eigenvalue weighted by molar-refractivity contribution is 7.14. The number of rotatable bonds is 7. The van der Waals surface area contributed by atoms with E-state index >= 15 is 0 Å². The van der Waals surface area contributed by atoms with E-state index < -0.39 is 24.3 Å². The summed E-state index contributed by atoms with van der Waals surface area (Å²) in [5.41, 5.74) is 2.23. The number of nitrogens with zero attached hydrogens (tertiary/aromatic N) is 4. The van der Waals surface area contributed by atoms with Crippen LogP contribution in [0.3, 0.4) is 0 Å². The van der Waals surface area contributed by atoms with Crippen molar-refractivity contribution in [3.63, 3.8) is 0 Å². The van der Waals surface area contributed by atoms with E-state index in [1.807, 2.05) is 31.4 Å². The van der Waals surface area contributed by atoms with Gasteiger partial charge >= 0.3 is 0 Å². The number of likely N-dealkylation sites (tertiary alicyclic amines) is 1. The van der Waals surface area contributed by atoms with Gasteiger partial charge in [-0.05, 0) is 31.5 Å². The first-order valence-corrected chi connectivity index (χ1v) is 14.0. The second-order valence-electron chi connectivity index (χ2n) is 10.8. The maximum atomic E-state index is 13.5. The molecule has 3 saturated heterocycles. The first kappa shape index (κ1) is 26.7. The van der Waals surface area contributed by atoms with Crippen LogP contribution in [0, 0.1) is 5.92 Å². The minimum atomic E-state index is -0.916. The van der Waals surface area contributed by atoms with Gasteiger partial charge in [-0.15, -0.1) is 11.3 Å². The zero-order chi connectivity index (χ0) is 27.0. The standard InChI is InChI=1S/C27H35N5O5S/c1-16(2)12-19(26(36)32-13-21(33)24-23(32)22(34)14-37-24)28-25(35)18-6-4-17(5-7-18)20-15-38-27(29-20)31-10-8-30(3)9-11-31/h4-7,15-16,19,21,23-24,33H,8-14H2,1-3H3,(H,28,35)/t19-,21-,23+,24+/m0/s1. The molecule has 0 radical (unpaired) electrons. The Kier molecular flexibility index (Phi) is 7.80. The number of benzene rings is 1. The Balaban J connectivity index is 1.26. The van der Waals surface area contributed by atoms with Gasteiger partial charge in [0.2, 0.25) is 5.91 Å². The van der Waals surface area contributed by atoms with Gasteiger partial charge in [-0.1, -0.05) is 26.0 Å². The molecular formula is C27H35N5O5S. The van der Waals surface area contributed by atoms with E-state index in [2.05, 4.69) is 22.2 Å². The van der Waals surface area contributed by atoms with Gasteiger partial charge in [0.25, 0.3) is 5.91 Å². The minimum absolute atomic E-state index is 0.0167. The summed E-state index contributed by atoms with van der Waals surface area (Å²) in [5, 5.41) is 16.2. The number of aromatic nitrogens is 1. The van der Waals surface area contributed by atoms with Crippen LogP contribution in [0.1, 0.15) is 30.6 Å². The largest absolute Gasteiger partial charge is 0.388 e. The third-order valence-electron chi connectivity index (χ3n) is 7.46. The van der Waals surface area contributed by atoms with E-state index in [1.54, 1.807) is 23.5 Å². The van der Waals surface area contributed by atoms with Gasteiger partial charge in [-0.3, -0.25) is 14.4 Å². The number of hydrogen-bond donors (Lipinski definition) is 2. The van der Waals surface area contributed by atoms with Crippen molar-refractivity contribution in [2.24, 2.45) is 5.92 Å². The molecule has 1 aromatic carbocycles. The molecule has 0 bridgehead atoms. The Hall–Kier alpha value is -2.86. The van der Waals surface area contributed by atoms with Crippen LogP contribution < -0.4 is 10.2 Å². The summed E-state index contributed by atoms with van der Waals surface area (Å²) in [7, 11) is 2.13. The summed E-state index contributed by atoms with van der Waals surface area (Å²) in [6.45, 7) is 7.79. The molecule has 4 atom stereocenters. The number of ether oxygens (including phenoxy) is 1. The summed E-state index contributed by atoms with van der Waals surface area (Å²) >= 11 is 1.62. The molecule has 0 aliphatic carbocycles. The quantitative estimate of drug-likeness (QED) is 0.538. The van der Waals surface area contributed by atoms with Crippen molar-refractivity contribution in [3.8, 4) is 11.3 Å². The van der Waals surface area contributed by atoms with Crippen LogP contribution >= 0.6 is 11.3 Å². The lowest BCUT2D eigenvalue weighted by Crippen LogP contribution is -2.52. The molecule has 3 aliphatic heterocycles. The van der Waals surface area contributed by atoms with Crippen LogP contribution in [0.2, 0.25) is 0 Å². The summed E-state index contributed by atoms with van der Waals surface area (Å²) in [4.78, 5) is 49.7. The number of hydrogen-bond acceptors (Lipinski definition) is 9. The highest BCUT2D eigenvalue weighted by atomic mass is 32.1. The van der Waals surface area contributed by atoms with Gasteiger partial charge in [0, 0.05) is 42.7 Å². The Labute approximate surface area is 226 Å². The fourth-order valence-corrected chi connectivity index (χ4v) is 6.21. The molecule has 5 rings (SSSR count). The molecule has 3 fully saturated rings. The van der Waals surface area contributed by atoms with Crippen LogP contribution in [0.25, 0.3) is 11.3 Å². The van der Waals surface area contributed by atoms with E-state index in [-0.39, 0.29) is 36.7 Å². The molecule has 1 aromatic heterocycles. The highest BCUT2D eigenvalue weighted by Gasteiger charge is 2.52. The van der Waals surface area contributed by atoms with Crippen LogP contribution in [-0.2, 0) is 14.3 Å². The summed E-state index contributed by atoms with van der Waals surface area (Å²) < 4.78 is 5.39. The van der Waals surface area contributed by atoms with Crippen molar-refractivity contribution in [3.05, 3.63) is 35.2 Å². The minimum Gasteiger partial charge on any atom is -0.388 e. The van der Waals surface area contributed by atoms with Crippen molar-refractivity contribution < 1.29 is 24.2 Å². The van der Waals surface area contributed by atoms with Gasteiger partial charge < -0.3 is 29.9 Å². The zero-order valence-electron chi connectivity index (χ0n) is 22.0. The van der Waals surface area contributed by atoms with Crippen LogP contribution in [-0.4, -0.2) is 108 Å². The molecule has 2 amide bonds. The number of anilines is 1. The van der Waals surface area contributed by atoms with E-state index in [1.165, 1.54) is 4.90 Å². The van der Waals surface area contributed by atoms with Crippen LogP contribution in [0.5, 0.6) is 0 Å². The van der Waals surface area contributed by atoms with Gasteiger partial charge in [0.15, 0.2) is 10.9 Å². The second-order valence-corrected chi connectivity index (χ2v) is 11.6. The normalized spacial score (nSPS) is 24.7. The van der Waals surface area contributed by atoms with E-state index in [0.29, 0.717) is 12.0 Å². The van der Waals surface area contributed by atoms with Gasteiger partial charge in [0.1, 0.15) is 30.9 Å². The molecule has 2 aromatic rings. The van der Waals surface area contributed by atoms with Crippen LogP contribution in [0.4, 0.5) is 5.13 Å². The molecule has 0 spiro atoms. The predicted molar refractivity (Wildman–Crippen MR) is 144 cm³/mol. The number of nitrogens with one attached hydrogen (secondary N) is 1. The monoisotopic (exact) mass is 541 g/mol. The number of amides is 2. The molecule has 0 unspecified atom stereocenters. The molecule has 0 saturated carbocycles. The summed E-state index contributed by atoms with van der Waals surface area (Å²) in [6.07, 6.45) is -1.20. The highest BCUT2D eigenvalue weighted by Crippen LogP contribution is 2.30. The third kappa shape index (κ3) is 5.47. The lowest BCUT2D eigenvalue weighted by Gasteiger charge is -2.32. The molecule has 10 nitrogen and oxygen atoms in total. The third-order valence-corrected chi connectivity index (χ3v) is 8.36.